The van der Waals surface area contributed by atoms with E-state index < -0.39 is 0 Å². The van der Waals surface area contributed by atoms with Gasteiger partial charge in [0.25, 0.3) is 5.56 Å². The average Bonchev–Trinajstić information content (AvgIpc) is 3.31. The van der Waals surface area contributed by atoms with Gasteiger partial charge in [0.2, 0.25) is 5.91 Å². The molecule has 0 saturated carbocycles. The Morgan fingerprint density at radius 3 is 2.80 bits per heavy atom. The number of nitrogens with one attached hydrogen (secondary N) is 1. The quantitative estimate of drug-likeness (QED) is 0.459. The predicted octanol–water partition coefficient (Wildman–Crippen LogP) is 2.00. The molecule has 3 heterocycles. The maximum Gasteiger partial charge on any atom is 0.265 e. The van der Waals surface area contributed by atoms with Crippen LogP contribution in [0.2, 0.25) is 0 Å². The molecule has 3 aromatic rings. The number of nitrogens with zero attached hydrogens (tertiary/aromatic N) is 5. The smallest absolute Gasteiger partial charge is 0.265 e. The molecule has 0 radical (unpaired) electrons. The van der Waals surface area contributed by atoms with Gasteiger partial charge in [-0.2, -0.15) is 5.10 Å². The lowest BCUT2D eigenvalue weighted by molar-refractivity contribution is -0.121. The number of benzene rings is 1. The van der Waals surface area contributed by atoms with Crippen molar-refractivity contribution >= 4 is 28.7 Å². The molecule has 158 valence electrons. The number of fused-ring (bicyclic) bond motifs is 2. The Kier molecular flexibility index (Phi) is 5.92. The van der Waals surface area contributed by atoms with Gasteiger partial charge in [-0.05, 0) is 46.1 Å². The van der Waals surface area contributed by atoms with E-state index in [1.54, 1.807) is 15.4 Å². The minimum atomic E-state index is -0.189. The average molecular weight is 427 g/mol. The predicted molar refractivity (Wildman–Crippen MR) is 118 cm³/mol. The number of rotatable bonds is 7. The van der Waals surface area contributed by atoms with Crippen molar-refractivity contribution in [2.75, 3.05) is 32.9 Å². The molecule has 1 amide bonds. The highest BCUT2D eigenvalue weighted by molar-refractivity contribution is 7.99. The minimum absolute atomic E-state index is 0.0328. The largest absolute Gasteiger partial charge is 0.356 e. The second-order valence-corrected chi connectivity index (χ2v) is 8.86. The van der Waals surface area contributed by atoms with Crippen molar-refractivity contribution in [3.63, 3.8) is 0 Å². The summed E-state index contributed by atoms with van der Waals surface area (Å²) in [5.74, 6) is 0.632. The standard InChI is InChI=1S/C21H26N6O2S/c1-14-5-7-15(8-6-14)27-19-17(12-23-27)20(29)26-16(13-30-21(26)24-19)11-18(28)22-9-4-10-25(2)3/h5-8,12,16H,4,9-11,13H2,1-3H3,(H,22,28). The number of hydrogen-bond acceptors (Lipinski definition) is 6. The summed E-state index contributed by atoms with van der Waals surface area (Å²) < 4.78 is 3.36. The van der Waals surface area contributed by atoms with Crippen LogP contribution in [0.3, 0.4) is 0 Å². The molecular formula is C21H26N6O2S. The Hall–Kier alpha value is -2.65. The summed E-state index contributed by atoms with van der Waals surface area (Å²) in [5, 5.41) is 8.47. The lowest BCUT2D eigenvalue weighted by Gasteiger charge is -2.14. The lowest BCUT2D eigenvalue weighted by atomic mass is 10.2. The molecule has 1 aliphatic heterocycles. The van der Waals surface area contributed by atoms with Crippen LogP contribution in [0.15, 0.2) is 40.4 Å². The van der Waals surface area contributed by atoms with Gasteiger partial charge in [-0.15, -0.1) is 0 Å². The zero-order valence-electron chi connectivity index (χ0n) is 17.5. The van der Waals surface area contributed by atoms with Crippen LogP contribution < -0.4 is 10.9 Å². The van der Waals surface area contributed by atoms with E-state index in [0.717, 1.165) is 24.2 Å². The highest BCUT2D eigenvalue weighted by Gasteiger charge is 2.29. The van der Waals surface area contributed by atoms with Crippen LogP contribution >= 0.6 is 11.8 Å². The SMILES string of the molecule is Cc1ccc(-n2ncc3c(=O)n4c(nc32)SCC4CC(=O)NCCCN(C)C)cc1. The Balaban J connectivity index is 1.55. The number of thioether (sulfide) groups is 1. The normalized spacial score (nSPS) is 15.7. The molecule has 1 atom stereocenters. The van der Waals surface area contributed by atoms with Crippen molar-refractivity contribution in [1.82, 2.24) is 29.5 Å². The Morgan fingerprint density at radius 1 is 1.30 bits per heavy atom. The molecule has 1 aliphatic rings. The van der Waals surface area contributed by atoms with Crippen LogP contribution in [0.1, 0.15) is 24.4 Å². The molecule has 0 spiro atoms. The molecule has 4 rings (SSSR count). The summed E-state index contributed by atoms with van der Waals surface area (Å²) in [6, 6.07) is 7.75. The molecule has 0 aliphatic carbocycles. The highest BCUT2D eigenvalue weighted by atomic mass is 32.2. The summed E-state index contributed by atoms with van der Waals surface area (Å²) in [6.07, 6.45) is 2.75. The Morgan fingerprint density at radius 2 is 2.07 bits per heavy atom. The summed E-state index contributed by atoms with van der Waals surface area (Å²) in [7, 11) is 4.02. The van der Waals surface area contributed by atoms with Crippen LogP contribution in [0.5, 0.6) is 0 Å². The van der Waals surface area contributed by atoms with Crippen molar-refractivity contribution in [2.24, 2.45) is 0 Å². The molecule has 1 aromatic carbocycles. The Labute approximate surface area is 179 Å². The molecule has 9 heteroatoms. The monoisotopic (exact) mass is 426 g/mol. The summed E-state index contributed by atoms with van der Waals surface area (Å²) in [5.41, 5.74) is 2.44. The fourth-order valence-corrected chi connectivity index (χ4v) is 4.70. The molecule has 2 aromatic heterocycles. The van der Waals surface area contributed by atoms with Gasteiger partial charge in [0.05, 0.1) is 17.9 Å². The zero-order valence-corrected chi connectivity index (χ0v) is 18.3. The summed E-state index contributed by atoms with van der Waals surface area (Å²) >= 11 is 1.51. The van der Waals surface area contributed by atoms with Gasteiger partial charge in [0.15, 0.2) is 10.8 Å². The fraction of sp³-hybridized carbons (Fsp3) is 0.429. The number of amides is 1. The van der Waals surface area contributed by atoms with Gasteiger partial charge >= 0.3 is 0 Å². The van der Waals surface area contributed by atoms with E-state index in [4.69, 9.17) is 4.98 Å². The fourth-order valence-electron chi connectivity index (χ4n) is 3.57. The first-order valence-corrected chi connectivity index (χ1v) is 11.0. The van der Waals surface area contributed by atoms with Crippen molar-refractivity contribution in [1.29, 1.82) is 0 Å². The van der Waals surface area contributed by atoms with Crippen LogP contribution in [-0.2, 0) is 4.79 Å². The molecule has 30 heavy (non-hydrogen) atoms. The van der Waals surface area contributed by atoms with Crippen molar-refractivity contribution in [2.45, 2.75) is 31.0 Å². The topological polar surface area (TPSA) is 85.0 Å². The van der Waals surface area contributed by atoms with Gasteiger partial charge in [0.1, 0.15) is 5.39 Å². The second-order valence-electron chi connectivity index (χ2n) is 7.87. The molecular weight excluding hydrogens is 400 g/mol. The minimum Gasteiger partial charge on any atom is -0.356 e. The maximum atomic E-state index is 13.2. The van der Waals surface area contributed by atoms with Crippen molar-refractivity contribution in [3.8, 4) is 5.69 Å². The second kappa shape index (κ2) is 8.61. The molecule has 8 nitrogen and oxygen atoms in total. The highest BCUT2D eigenvalue weighted by Crippen LogP contribution is 2.33. The third kappa shape index (κ3) is 4.13. The van der Waals surface area contributed by atoms with Crippen LogP contribution in [-0.4, -0.2) is 63.1 Å². The van der Waals surface area contributed by atoms with E-state index in [-0.39, 0.29) is 23.9 Å². The molecule has 1 N–H and O–H groups in total. The lowest BCUT2D eigenvalue weighted by Crippen LogP contribution is -2.32. The third-order valence-corrected chi connectivity index (χ3v) is 6.27. The third-order valence-electron chi connectivity index (χ3n) is 5.17. The van der Waals surface area contributed by atoms with Crippen LogP contribution in [0.4, 0.5) is 0 Å². The van der Waals surface area contributed by atoms with Crippen LogP contribution in [0.25, 0.3) is 16.7 Å². The van der Waals surface area contributed by atoms with E-state index >= 15 is 0 Å². The molecule has 0 bridgehead atoms. The van der Waals surface area contributed by atoms with Crippen LogP contribution in [0, 0.1) is 6.92 Å². The van der Waals surface area contributed by atoms with E-state index in [9.17, 15) is 9.59 Å². The molecule has 1 unspecified atom stereocenters. The number of carbonyl (C=O) groups excluding carboxylic acids is 1. The van der Waals surface area contributed by atoms with Gasteiger partial charge in [0, 0.05) is 18.7 Å². The van der Waals surface area contributed by atoms with E-state index in [2.05, 4.69) is 15.3 Å². The number of aryl methyl sites for hydroxylation is 1. The maximum absolute atomic E-state index is 13.2. The van der Waals surface area contributed by atoms with E-state index in [1.807, 2.05) is 45.3 Å². The summed E-state index contributed by atoms with van der Waals surface area (Å²) in [4.78, 5) is 32.3. The van der Waals surface area contributed by atoms with Crippen molar-refractivity contribution in [3.05, 3.63) is 46.4 Å². The first-order chi connectivity index (χ1) is 14.4. The number of carbonyl (C=O) groups is 1. The van der Waals surface area contributed by atoms with Gasteiger partial charge in [-0.25, -0.2) is 9.67 Å². The summed E-state index contributed by atoms with van der Waals surface area (Å²) in [6.45, 7) is 3.59. The van der Waals surface area contributed by atoms with E-state index in [1.165, 1.54) is 11.8 Å². The van der Waals surface area contributed by atoms with Gasteiger partial charge in [-0.3, -0.25) is 14.2 Å². The first kappa shape index (κ1) is 20.6. The molecule has 0 fully saturated rings. The first-order valence-electron chi connectivity index (χ1n) is 10.1. The van der Waals surface area contributed by atoms with E-state index in [0.29, 0.717) is 28.5 Å². The number of hydrogen-bond donors (Lipinski definition) is 1. The van der Waals surface area contributed by atoms with Gasteiger partial charge in [-0.1, -0.05) is 29.5 Å². The molecule has 0 saturated heterocycles. The van der Waals surface area contributed by atoms with Crippen molar-refractivity contribution < 1.29 is 4.79 Å². The zero-order chi connectivity index (χ0) is 21.3. The number of aromatic nitrogens is 4. The Bertz CT molecular complexity index is 1120. The van der Waals surface area contributed by atoms with Gasteiger partial charge < -0.3 is 10.2 Å².